The second kappa shape index (κ2) is 12.0. The largest absolute Gasteiger partial charge is 0.379 e. The SMILES string of the molecule is CCCCC(CC)COCCOCCC. The minimum absolute atomic E-state index is 0.746. The zero-order chi connectivity index (χ0) is 11.4. The minimum Gasteiger partial charge on any atom is -0.379 e. The zero-order valence-electron chi connectivity index (χ0n) is 10.8. The lowest BCUT2D eigenvalue weighted by Gasteiger charge is -2.14. The van der Waals surface area contributed by atoms with E-state index in [1.165, 1.54) is 25.7 Å². The fourth-order valence-corrected chi connectivity index (χ4v) is 1.51. The van der Waals surface area contributed by atoms with E-state index in [1.807, 2.05) is 0 Å². The van der Waals surface area contributed by atoms with Crippen molar-refractivity contribution >= 4 is 0 Å². The molecule has 0 amide bonds. The fraction of sp³-hybridized carbons (Fsp3) is 1.00. The lowest BCUT2D eigenvalue weighted by Crippen LogP contribution is -2.12. The van der Waals surface area contributed by atoms with Crippen LogP contribution in [0, 0.1) is 5.92 Å². The number of rotatable bonds is 11. The summed E-state index contributed by atoms with van der Waals surface area (Å²) in [5, 5.41) is 0. The van der Waals surface area contributed by atoms with Gasteiger partial charge < -0.3 is 9.47 Å². The summed E-state index contributed by atoms with van der Waals surface area (Å²) >= 11 is 0. The molecule has 15 heavy (non-hydrogen) atoms. The first-order chi connectivity index (χ1) is 7.35. The van der Waals surface area contributed by atoms with Crippen LogP contribution in [0.2, 0.25) is 0 Å². The highest BCUT2D eigenvalue weighted by Crippen LogP contribution is 2.12. The Bertz CT molecular complexity index is 115. The van der Waals surface area contributed by atoms with E-state index >= 15 is 0 Å². The molecule has 0 aliphatic carbocycles. The molecule has 92 valence electrons. The molecule has 0 aromatic heterocycles. The van der Waals surface area contributed by atoms with Crippen molar-refractivity contribution in [2.45, 2.75) is 52.9 Å². The van der Waals surface area contributed by atoms with Crippen LogP contribution in [0.3, 0.4) is 0 Å². The third-order valence-electron chi connectivity index (χ3n) is 2.62. The van der Waals surface area contributed by atoms with Crippen LogP contribution in [0.5, 0.6) is 0 Å². The van der Waals surface area contributed by atoms with Gasteiger partial charge in [0.15, 0.2) is 0 Å². The Kier molecular flexibility index (Phi) is 11.9. The molecule has 0 aromatic carbocycles. The average Bonchev–Trinajstić information content (AvgIpc) is 2.27. The summed E-state index contributed by atoms with van der Waals surface area (Å²) in [4.78, 5) is 0. The van der Waals surface area contributed by atoms with Crippen molar-refractivity contribution < 1.29 is 9.47 Å². The monoisotopic (exact) mass is 216 g/mol. The molecule has 0 saturated carbocycles. The van der Waals surface area contributed by atoms with Crippen molar-refractivity contribution in [1.29, 1.82) is 0 Å². The molecule has 0 fully saturated rings. The predicted octanol–water partition coefficient (Wildman–Crippen LogP) is 3.65. The molecule has 0 rings (SSSR count). The maximum atomic E-state index is 5.61. The smallest absolute Gasteiger partial charge is 0.0700 e. The molecule has 0 aliphatic heterocycles. The predicted molar refractivity (Wildman–Crippen MR) is 65.2 cm³/mol. The Morgan fingerprint density at radius 3 is 2.20 bits per heavy atom. The summed E-state index contributed by atoms with van der Waals surface area (Å²) in [5.41, 5.74) is 0. The van der Waals surface area contributed by atoms with Gasteiger partial charge in [-0.2, -0.15) is 0 Å². The van der Waals surface area contributed by atoms with Crippen molar-refractivity contribution in [3.8, 4) is 0 Å². The van der Waals surface area contributed by atoms with Crippen LogP contribution in [0.1, 0.15) is 52.9 Å². The molecule has 0 radical (unpaired) electrons. The van der Waals surface area contributed by atoms with Crippen LogP contribution in [0.4, 0.5) is 0 Å². The lowest BCUT2D eigenvalue weighted by molar-refractivity contribution is 0.0314. The van der Waals surface area contributed by atoms with Gasteiger partial charge in [0.2, 0.25) is 0 Å². The molecule has 2 nitrogen and oxygen atoms in total. The number of ether oxygens (including phenoxy) is 2. The molecule has 0 aliphatic rings. The third kappa shape index (κ3) is 10.2. The Morgan fingerprint density at radius 1 is 0.867 bits per heavy atom. The van der Waals surface area contributed by atoms with Gasteiger partial charge in [-0.25, -0.2) is 0 Å². The molecule has 1 atom stereocenters. The van der Waals surface area contributed by atoms with Gasteiger partial charge in [0, 0.05) is 13.2 Å². The third-order valence-corrected chi connectivity index (χ3v) is 2.62. The van der Waals surface area contributed by atoms with E-state index in [9.17, 15) is 0 Å². The summed E-state index contributed by atoms with van der Waals surface area (Å²) in [7, 11) is 0. The van der Waals surface area contributed by atoms with Crippen molar-refractivity contribution in [2.75, 3.05) is 26.4 Å². The summed E-state index contributed by atoms with van der Waals surface area (Å²) in [5.74, 6) is 0.746. The maximum Gasteiger partial charge on any atom is 0.0700 e. The van der Waals surface area contributed by atoms with Crippen LogP contribution < -0.4 is 0 Å². The van der Waals surface area contributed by atoms with Crippen LogP contribution in [0.15, 0.2) is 0 Å². The minimum atomic E-state index is 0.746. The van der Waals surface area contributed by atoms with E-state index in [0.29, 0.717) is 0 Å². The van der Waals surface area contributed by atoms with Crippen LogP contribution in [-0.2, 0) is 9.47 Å². The van der Waals surface area contributed by atoms with Gasteiger partial charge in [-0.1, -0.05) is 40.0 Å². The first kappa shape index (κ1) is 14.9. The van der Waals surface area contributed by atoms with E-state index in [0.717, 1.165) is 38.8 Å². The summed E-state index contributed by atoms with van der Waals surface area (Å²) in [6.07, 6.45) is 6.25. The van der Waals surface area contributed by atoms with Gasteiger partial charge in [-0.05, 0) is 18.8 Å². The fourth-order valence-electron chi connectivity index (χ4n) is 1.51. The highest BCUT2D eigenvalue weighted by atomic mass is 16.5. The van der Waals surface area contributed by atoms with E-state index in [4.69, 9.17) is 9.47 Å². The maximum absolute atomic E-state index is 5.61. The van der Waals surface area contributed by atoms with Crippen molar-refractivity contribution in [1.82, 2.24) is 0 Å². The molecular weight excluding hydrogens is 188 g/mol. The molecule has 0 aromatic rings. The van der Waals surface area contributed by atoms with Crippen molar-refractivity contribution in [3.63, 3.8) is 0 Å². The second-order valence-corrected chi connectivity index (χ2v) is 4.10. The topological polar surface area (TPSA) is 18.5 Å². The van der Waals surface area contributed by atoms with E-state index < -0.39 is 0 Å². The van der Waals surface area contributed by atoms with E-state index in [2.05, 4.69) is 20.8 Å². The van der Waals surface area contributed by atoms with Gasteiger partial charge in [-0.3, -0.25) is 0 Å². The number of unbranched alkanes of at least 4 members (excludes halogenated alkanes) is 1. The molecule has 2 heteroatoms. The molecule has 0 heterocycles. The lowest BCUT2D eigenvalue weighted by atomic mass is 10.0. The van der Waals surface area contributed by atoms with Gasteiger partial charge in [0.1, 0.15) is 0 Å². The Balaban J connectivity index is 3.22. The molecule has 0 spiro atoms. The normalized spacial score (nSPS) is 13.0. The molecule has 1 unspecified atom stereocenters. The Labute approximate surface area is 95.3 Å². The van der Waals surface area contributed by atoms with Gasteiger partial charge in [0.25, 0.3) is 0 Å². The average molecular weight is 216 g/mol. The first-order valence-corrected chi connectivity index (χ1v) is 6.50. The molecule has 0 bridgehead atoms. The number of hydrogen-bond acceptors (Lipinski definition) is 2. The molecular formula is C13H28O2. The second-order valence-electron chi connectivity index (χ2n) is 4.10. The quantitative estimate of drug-likeness (QED) is 0.491. The summed E-state index contributed by atoms with van der Waals surface area (Å²) in [6.45, 7) is 9.88. The van der Waals surface area contributed by atoms with E-state index in [-0.39, 0.29) is 0 Å². The van der Waals surface area contributed by atoms with Crippen LogP contribution in [-0.4, -0.2) is 26.4 Å². The Morgan fingerprint density at radius 2 is 1.60 bits per heavy atom. The van der Waals surface area contributed by atoms with Crippen molar-refractivity contribution in [3.05, 3.63) is 0 Å². The summed E-state index contributed by atoms with van der Waals surface area (Å²) < 4.78 is 11.0. The standard InChI is InChI=1S/C13H28O2/c1-4-7-8-13(6-3)12-15-11-10-14-9-5-2/h13H,4-12H2,1-3H3. The van der Waals surface area contributed by atoms with Gasteiger partial charge in [0.05, 0.1) is 13.2 Å². The zero-order valence-corrected chi connectivity index (χ0v) is 10.8. The Hall–Kier alpha value is -0.0800. The van der Waals surface area contributed by atoms with Crippen LogP contribution in [0.25, 0.3) is 0 Å². The molecule has 0 N–H and O–H groups in total. The highest BCUT2D eigenvalue weighted by molar-refractivity contribution is 4.55. The summed E-state index contributed by atoms with van der Waals surface area (Å²) in [6, 6.07) is 0. The van der Waals surface area contributed by atoms with Gasteiger partial charge >= 0.3 is 0 Å². The van der Waals surface area contributed by atoms with Crippen LogP contribution >= 0.6 is 0 Å². The van der Waals surface area contributed by atoms with Gasteiger partial charge in [-0.15, -0.1) is 0 Å². The van der Waals surface area contributed by atoms with Crippen molar-refractivity contribution in [2.24, 2.45) is 5.92 Å². The highest BCUT2D eigenvalue weighted by Gasteiger charge is 2.05. The first-order valence-electron chi connectivity index (χ1n) is 6.50. The molecule has 0 saturated heterocycles. The van der Waals surface area contributed by atoms with E-state index in [1.54, 1.807) is 0 Å². The number of hydrogen-bond donors (Lipinski definition) is 0.